The van der Waals surface area contributed by atoms with Gasteiger partial charge in [-0.3, -0.25) is 9.59 Å². The average Bonchev–Trinajstić information content (AvgIpc) is 3.05. The van der Waals surface area contributed by atoms with E-state index in [1.807, 2.05) is 4.90 Å². The minimum Gasteiger partial charge on any atom is -0.331 e. The zero-order chi connectivity index (χ0) is 16.4. The molecule has 0 unspecified atom stereocenters. The molecule has 0 bridgehead atoms. The standard InChI is InChI=1S/C18H18FNO2S/c1-12(21)16-9-10-17(23-16)18(22)20-11-3-2-4-15(20)13-5-7-14(19)8-6-13/h5-10,15H,2-4,11H2,1H3/t15-/m1/s1. The Morgan fingerprint density at radius 1 is 1.09 bits per heavy atom. The minimum atomic E-state index is -0.271. The van der Waals surface area contributed by atoms with Crippen LogP contribution in [0.25, 0.3) is 0 Å². The van der Waals surface area contributed by atoms with Gasteiger partial charge in [-0.2, -0.15) is 0 Å². The summed E-state index contributed by atoms with van der Waals surface area (Å²) in [6.07, 6.45) is 2.89. The lowest BCUT2D eigenvalue weighted by atomic mass is 9.95. The van der Waals surface area contributed by atoms with Crippen LogP contribution in [0.3, 0.4) is 0 Å². The number of halogens is 1. The van der Waals surface area contributed by atoms with Gasteiger partial charge in [0.25, 0.3) is 5.91 Å². The highest BCUT2D eigenvalue weighted by atomic mass is 32.1. The van der Waals surface area contributed by atoms with Gasteiger partial charge in [-0.1, -0.05) is 12.1 Å². The summed E-state index contributed by atoms with van der Waals surface area (Å²) in [6, 6.07) is 9.77. The van der Waals surface area contributed by atoms with Gasteiger partial charge in [0.05, 0.1) is 15.8 Å². The number of hydrogen-bond acceptors (Lipinski definition) is 3. The first-order valence-corrected chi connectivity index (χ1v) is 8.55. The van der Waals surface area contributed by atoms with Crippen molar-refractivity contribution in [2.24, 2.45) is 0 Å². The van der Waals surface area contributed by atoms with Gasteiger partial charge >= 0.3 is 0 Å². The number of benzene rings is 1. The van der Waals surface area contributed by atoms with Crippen LogP contribution >= 0.6 is 11.3 Å². The SMILES string of the molecule is CC(=O)c1ccc(C(=O)N2CCCC[C@@H]2c2ccc(F)cc2)s1. The van der Waals surface area contributed by atoms with Crippen molar-refractivity contribution in [2.75, 3.05) is 6.54 Å². The van der Waals surface area contributed by atoms with E-state index in [4.69, 9.17) is 0 Å². The molecular weight excluding hydrogens is 313 g/mol. The molecule has 23 heavy (non-hydrogen) atoms. The van der Waals surface area contributed by atoms with Crippen molar-refractivity contribution in [2.45, 2.75) is 32.2 Å². The van der Waals surface area contributed by atoms with Gasteiger partial charge in [-0.25, -0.2) is 4.39 Å². The van der Waals surface area contributed by atoms with E-state index in [0.29, 0.717) is 16.3 Å². The summed E-state index contributed by atoms with van der Waals surface area (Å²) in [5.41, 5.74) is 0.961. The van der Waals surface area contributed by atoms with Crippen LogP contribution in [-0.2, 0) is 0 Å². The molecule has 1 aliphatic heterocycles. The number of carbonyl (C=O) groups excluding carboxylic acids is 2. The fourth-order valence-corrected chi connectivity index (χ4v) is 3.85. The van der Waals surface area contributed by atoms with Gasteiger partial charge < -0.3 is 4.90 Å². The molecule has 0 aliphatic carbocycles. The van der Waals surface area contributed by atoms with E-state index in [1.165, 1.54) is 30.4 Å². The molecule has 0 radical (unpaired) electrons. The van der Waals surface area contributed by atoms with E-state index in [2.05, 4.69) is 0 Å². The monoisotopic (exact) mass is 331 g/mol. The summed E-state index contributed by atoms with van der Waals surface area (Å²) >= 11 is 1.24. The number of likely N-dealkylation sites (tertiary alicyclic amines) is 1. The van der Waals surface area contributed by atoms with E-state index >= 15 is 0 Å². The molecule has 0 spiro atoms. The van der Waals surface area contributed by atoms with Gasteiger partial charge in [0.2, 0.25) is 0 Å². The Morgan fingerprint density at radius 2 is 1.78 bits per heavy atom. The van der Waals surface area contributed by atoms with Gasteiger partial charge in [0.1, 0.15) is 5.82 Å². The van der Waals surface area contributed by atoms with E-state index in [0.717, 1.165) is 24.8 Å². The number of Topliss-reactive ketones (excluding diaryl/α,β-unsaturated/α-hetero) is 1. The first-order chi connectivity index (χ1) is 11.1. The zero-order valence-corrected chi connectivity index (χ0v) is 13.7. The number of ketones is 1. The smallest absolute Gasteiger partial charge is 0.264 e. The van der Waals surface area contributed by atoms with Crippen molar-refractivity contribution in [3.05, 3.63) is 57.5 Å². The van der Waals surface area contributed by atoms with E-state index in [-0.39, 0.29) is 23.5 Å². The Morgan fingerprint density at radius 3 is 2.43 bits per heavy atom. The van der Waals surface area contributed by atoms with Crippen molar-refractivity contribution in [3.8, 4) is 0 Å². The molecule has 0 saturated carbocycles. The molecule has 1 atom stereocenters. The molecule has 120 valence electrons. The Hall–Kier alpha value is -2.01. The van der Waals surface area contributed by atoms with Crippen molar-refractivity contribution >= 4 is 23.0 Å². The molecule has 1 aromatic heterocycles. The molecule has 1 aromatic carbocycles. The van der Waals surface area contributed by atoms with Crippen LogP contribution in [0.2, 0.25) is 0 Å². The minimum absolute atomic E-state index is 0.0252. The Labute approximate surface area is 138 Å². The summed E-state index contributed by atoms with van der Waals surface area (Å²) in [5, 5.41) is 0. The largest absolute Gasteiger partial charge is 0.331 e. The van der Waals surface area contributed by atoms with Crippen LogP contribution in [-0.4, -0.2) is 23.1 Å². The van der Waals surface area contributed by atoms with Crippen molar-refractivity contribution in [3.63, 3.8) is 0 Å². The van der Waals surface area contributed by atoms with Crippen molar-refractivity contribution in [1.82, 2.24) is 4.90 Å². The van der Waals surface area contributed by atoms with Crippen LogP contribution in [0, 0.1) is 5.82 Å². The molecule has 2 heterocycles. The molecule has 3 rings (SSSR count). The molecule has 1 saturated heterocycles. The highest BCUT2D eigenvalue weighted by molar-refractivity contribution is 7.15. The lowest BCUT2D eigenvalue weighted by Crippen LogP contribution is -2.38. The third-order valence-electron chi connectivity index (χ3n) is 4.18. The molecule has 0 N–H and O–H groups in total. The second-order valence-electron chi connectivity index (χ2n) is 5.78. The Balaban J connectivity index is 1.86. The first kappa shape index (κ1) is 15.9. The maximum atomic E-state index is 13.1. The number of thiophene rings is 1. The maximum absolute atomic E-state index is 13.1. The summed E-state index contributed by atoms with van der Waals surface area (Å²) in [6.45, 7) is 2.19. The predicted octanol–water partition coefficient (Wildman–Crippen LogP) is 4.46. The van der Waals surface area contributed by atoms with Crippen LogP contribution in [0.1, 0.15) is 57.1 Å². The van der Waals surface area contributed by atoms with Crippen molar-refractivity contribution in [1.29, 1.82) is 0 Å². The Kier molecular flexibility index (Phi) is 4.57. The summed E-state index contributed by atoms with van der Waals surface area (Å²) in [5.74, 6) is -0.342. The van der Waals surface area contributed by atoms with Crippen LogP contribution in [0.15, 0.2) is 36.4 Å². The van der Waals surface area contributed by atoms with E-state index in [9.17, 15) is 14.0 Å². The number of amides is 1. The number of nitrogens with zero attached hydrogens (tertiary/aromatic N) is 1. The van der Waals surface area contributed by atoms with Gasteiger partial charge in [0, 0.05) is 6.54 Å². The second kappa shape index (κ2) is 6.62. The molecule has 2 aromatic rings. The normalized spacial score (nSPS) is 18.0. The predicted molar refractivity (Wildman–Crippen MR) is 88.4 cm³/mol. The molecule has 3 nitrogen and oxygen atoms in total. The highest BCUT2D eigenvalue weighted by Crippen LogP contribution is 2.33. The molecule has 1 fully saturated rings. The average molecular weight is 331 g/mol. The quantitative estimate of drug-likeness (QED) is 0.779. The van der Waals surface area contributed by atoms with Crippen LogP contribution in [0.5, 0.6) is 0 Å². The third kappa shape index (κ3) is 3.34. The van der Waals surface area contributed by atoms with Gasteiger partial charge in [-0.15, -0.1) is 11.3 Å². The summed E-state index contributed by atoms with van der Waals surface area (Å²) in [4.78, 5) is 27.3. The van der Waals surface area contributed by atoms with Crippen LogP contribution < -0.4 is 0 Å². The summed E-state index contributed by atoms with van der Waals surface area (Å²) < 4.78 is 13.1. The topological polar surface area (TPSA) is 37.4 Å². The molecular formula is C18H18FNO2S. The molecule has 5 heteroatoms. The third-order valence-corrected chi connectivity index (χ3v) is 5.36. The molecule has 1 amide bonds. The van der Waals surface area contributed by atoms with E-state index < -0.39 is 0 Å². The summed E-state index contributed by atoms with van der Waals surface area (Å²) in [7, 11) is 0. The second-order valence-corrected chi connectivity index (χ2v) is 6.87. The number of carbonyl (C=O) groups is 2. The maximum Gasteiger partial charge on any atom is 0.264 e. The highest BCUT2D eigenvalue weighted by Gasteiger charge is 2.29. The first-order valence-electron chi connectivity index (χ1n) is 7.73. The number of rotatable bonds is 3. The fraction of sp³-hybridized carbons (Fsp3) is 0.333. The van der Waals surface area contributed by atoms with Crippen molar-refractivity contribution < 1.29 is 14.0 Å². The zero-order valence-electron chi connectivity index (χ0n) is 12.9. The lowest BCUT2D eigenvalue weighted by Gasteiger charge is -2.36. The fourth-order valence-electron chi connectivity index (χ4n) is 2.99. The van der Waals surface area contributed by atoms with Gasteiger partial charge in [0.15, 0.2) is 5.78 Å². The van der Waals surface area contributed by atoms with Crippen LogP contribution in [0.4, 0.5) is 4.39 Å². The number of piperidine rings is 1. The Bertz CT molecular complexity index is 723. The van der Waals surface area contributed by atoms with Gasteiger partial charge in [-0.05, 0) is 56.0 Å². The lowest BCUT2D eigenvalue weighted by molar-refractivity contribution is 0.0616. The number of hydrogen-bond donors (Lipinski definition) is 0. The molecule has 1 aliphatic rings. The van der Waals surface area contributed by atoms with E-state index in [1.54, 1.807) is 24.3 Å².